The first-order valence-electron chi connectivity index (χ1n) is 10.8. The molecule has 5 atom stereocenters. The van der Waals surface area contributed by atoms with E-state index in [1.54, 1.807) is 6.07 Å². The number of hydrogen-bond donors (Lipinski definition) is 2. The average Bonchev–Trinajstić information content (AvgIpc) is 3.09. The third-order valence-corrected chi connectivity index (χ3v) is 7.49. The van der Waals surface area contributed by atoms with Crippen LogP contribution in [0.1, 0.15) is 44.5 Å². The molecule has 2 fully saturated rings. The molecule has 2 aliphatic rings. The number of fused-ring (bicyclic) bond motifs is 1. The number of benzene rings is 1. The van der Waals surface area contributed by atoms with E-state index in [9.17, 15) is 14.4 Å². The molecule has 2 unspecified atom stereocenters. The predicted molar refractivity (Wildman–Crippen MR) is 123 cm³/mol. The van der Waals surface area contributed by atoms with Crippen molar-refractivity contribution in [3.05, 3.63) is 33.8 Å². The van der Waals surface area contributed by atoms with E-state index in [1.807, 2.05) is 34.7 Å². The standard InChI is InChI=1S/C21H30BCl2N3O5/c1-12(2)8-18(22-27(5,13(3)11-31-22)14(4)21(30)32-22)26-19(28)10-25-20(29)16-9-15(23)6-7-17(16)24/h6-7,9,12-14,18H,8,10-11H2,1-5H3,(H,25,29)(H,26,28)/t13-,14-,18-,22?,27?/m0/s1. The molecule has 0 bridgehead atoms. The Morgan fingerprint density at radius 3 is 2.62 bits per heavy atom. The van der Waals surface area contributed by atoms with Gasteiger partial charge in [0.2, 0.25) is 5.91 Å². The molecule has 11 heteroatoms. The highest BCUT2D eigenvalue weighted by molar-refractivity contribution is 6.65. The maximum absolute atomic E-state index is 12.8. The second kappa shape index (κ2) is 9.21. The van der Waals surface area contributed by atoms with E-state index in [2.05, 4.69) is 10.6 Å². The number of rotatable bonds is 7. The average molecular weight is 486 g/mol. The summed E-state index contributed by atoms with van der Waals surface area (Å²) in [5, 5.41) is 6.14. The van der Waals surface area contributed by atoms with Crippen molar-refractivity contribution < 1.29 is 28.1 Å². The van der Waals surface area contributed by atoms with E-state index >= 15 is 0 Å². The normalized spacial score (nSPS) is 30.1. The van der Waals surface area contributed by atoms with Crippen LogP contribution in [0, 0.1) is 5.92 Å². The molecule has 0 aromatic heterocycles. The minimum atomic E-state index is -2.16. The molecular weight excluding hydrogens is 456 g/mol. The molecule has 2 aliphatic heterocycles. The number of carbonyl (C=O) groups is 3. The summed E-state index contributed by atoms with van der Waals surface area (Å²) in [5.41, 5.74) is 0.184. The molecule has 0 aliphatic carbocycles. The lowest BCUT2D eigenvalue weighted by molar-refractivity contribution is -0.844. The number of likely N-dealkylation sites (N-methyl/N-ethyl adjacent to an activating group) is 1. The highest BCUT2D eigenvalue weighted by Gasteiger charge is 2.70. The lowest BCUT2D eigenvalue weighted by Gasteiger charge is -2.50. The number of hydrogen-bond acceptors (Lipinski definition) is 5. The number of carbonyl (C=O) groups excluding carboxylic acids is 3. The zero-order valence-electron chi connectivity index (χ0n) is 19.0. The lowest BCUT2D eigenvalue weighted by atomic mass is 9.57. The SMILES string of the molecule is CC(C)C[C@H](NC(=O)CNC(=O)c1cc(Cl)ccc1Cl)[B-]12OC[C@H](C)[N+]1(C)[C@@H](C)C(=O)O2. The van der Waals surface area contributed by atoms with Crippen LogP contribution in [0.2, 0.25) is 10.0 Å². The molecule has 0 saturated carbocycles. The summed E-state index contributed by atoms with van der Waals surface area (Å²) in [5.74, 6) is -1.57. The summed E-state index contributed by atoms with van der Waals surface area (Å²) in [6.45, 7) is 5.90. The number of nitrogens with one attached hydrogen (secondary N) is 2. The van der Waals surface area contributed by atoms with Gasteiger partial charge in [0.25, 0.3) is 5.91 Å². The van der Waals surface area contributed by atoms with Gasteiger partial charge in [-0.1, -0.05) is 43.5 Å². The van der Waals surface area contributed by atoms with E-state index in [-0.39, 0.29) is 35.1 Å². The van der Waals surface area contributed by atoms with Crippen molar-refractivity contribution in [2.45, 2.75) is 52.1 Å². The monoisotopic (exact) mass is 485 g/mol. The fourth-order valence-corrected chi connectivity index (χ4v) is 5.28. The van der Waals surface area contributed by atoms with Crippen molar-refractivity contribution in [3.8, 4) is 0 Å². The molecule has 1 aromatic rings. The van der Waals surface area contributed by atoms with E-state index in [1.165, 1.54) is 12.1 Å². The second-order valence-electron chi connectivity index (χ2n) is 9.36. The van der Waals surface area contributed by atoms with Crippen molar-refractivity contribution in [3.63, 3.8) is 0 Å². The number of nitrogens with zero attached hydrogens (tertiary/aromatic N) is 1. The number of amides is 2. The van der Waals surface area contributed by atoms with Gasteiger partial charge in [-0.3, -0.25) is 9.59 Å². The number of quaternary nitrogens is 1. The van der Waals surface area contributed by atoms with Gasteiger partial charge in [0.05, 0.1) is 29.8 Å². The molecule has 2 saturated heterocycles. The Labute approximate surface area is 198 Å². The molecule has 8 nitrogen and oxygen atoms in total. The van der Waals surface area contributed by atoms with Crippen LogP contribution in [0.15, 0.2) is 18.2 Å². The van der Waals surface area contributed by atoms with Crippen molar-refractivity contribution in [1.29, 1.82) is 0 Å². The fourth-order valence-electron chi connectivity index (χ4n) is 4.90. The summed E-state index contributed by atoms with van der Waals surface area (Å²) in [6.07, 6.45) is 0.556. The topological polar surface area (TPSA) is 93.7 Å². The van der Waals surface area contributed by atoms with Gasteiger partial charge >= 0.3 is 12.7 Å². The fraction of sp³-hybridized carbons (Fsp3) is 0.571. The maximum atomic E-state index is 12.8. The summed E-state index contributed by atoms with van der Waals surface area (Å²) >= 11 is 12.0. The van der Waals surface area contributed by atoms with E-state index in [0.29, 0.717) is 22.4 Å². The van der Waals surface area contributed by atoms with Crippen molar-refractivity contribution in [2.75, 3.05) is 20.2 Å². The third kappa shape index (κ3) is 4.23. The Bertz CT molecular complexity index is 933. The van der Waals surface area contributed by atoms with Crippen LogP contribution in [-0.4, -0.2) is 67.1 Å². The first-order valence-corrected chi connectivity index (χ1v) is 11.6. The summed E-state index contributed by atoms with van der Waals surface area (Å²) in [6, 6.07) is 4.17. The van der Waals surface area contributed by atoms with E-state index in [4.69, 9.17) is 32.5 Å². The highest BCUT2D eigenvalue weighted by atomic mass is 35.5. The zero-order valence-corrected chi connectivity index (χ0v) is 20.5. The predicted octanol–water partition coefficient (Wildman–Crippen LogP) is 2.54. The lowest BCUT2D eigenvalue weighted by Crippen LogP contribution is -2.74. The third-order valence-electron chi connectivity index (χ3n) is 6.92. The molecule has 2 amide bonds. The summed E-state index contributed by atoms with van der Waals surface area (Å²) in [7, 11) is 1.95. The van der Waals surface area contributed by atoms with E-state index in [0.717, 1.165) is 0 Å². The molecule has 0 spiro atoms. The van der Waals surface area contributed by atoms with Gasteiger partial charge in [-0.25, -0.2) is 4.79 Å². The molecule has 176 valence electrons. The Kier molecular flexibility index (Phi) is 7.15. The largest absolute Gasteiger partial charge is 0.609 e. The smallest absolute Gasteiger partial charge is 0.549 e. The van der Waals surface area contributed by atoms with Crippen LogP contribution in [0.5, 0.6) is 0 Å². The van der Waals surface area contributed by atoms with Crippen LogP contribution in [0.4, 0.5) is 0 Å². The molecule has 3 rings (SSSR count). The maximum Gasteiger partial charge on any atom is 0.549 e. The second-order valence-corrected chi connectivity index (χ2v) is 10.2. The zero-order chi connectivity index (χ0) is 23.8. The minimum absolute atomic E-state index is 0.0349. The Morgan fingerprint density at radius 1 is 1.28 bits per heavy atom. The molecule has 2 heterocycles. The summed E-state index contributed by atoms with van der Waals surface area (Å²) < 4.78 is 12.3. The van der Waals surface area contributed by atoms with Gasteiger partial charge in [0, 0.05) is 18.0 Å². The molecule has 2 N–H and O–H groups in total. The molecular formula is C21H30BCl2N3O5. The highest BCUT2D eigenvalue weighted by Crippen LogP contribution is 2.44. The Morgan fingerprint density at radius 2 is 1.97 bits per heavy atom. The van der Waals surface area contributed by atoms with Gasteiger partial charge < -0.3 is 24.3 Å². The van der Waals surface area contributed by atoms with Crippen LogP contribution < -0.4 is 10.6 Å². The van der Waals surface area contributed by atoms with Crippen molar-refractivity contribution >= 4 is 47.7 Å². The Hall–Kier alpha value is -1.81. The van der Waals surface area contributed by atoms with Crippen LogP contribution >= 0.6 is 23.2 Å². The summed E-state index contributed by atoms with van der Waals surface area (Å²) in [4.78, 5) is 37.9. The van der Waals surface area contributed by atoms with Crippen LogP contribution in [-0.2, 0) is 18.9 Å². The Balaban J connectivity index is 1.76. The minimum Gasteiger partial charge on any atom is -0.609 e. The van der Waals surface area contributed by atoms with Gasteiger partial charge in [-0.05, 0) is 38.0 Å². The van der Waals surface area contributed by atoms with Crippen molar-refractivity contribution in [1.82, 2.24) is 10.6 Å². The first-order chi connectivity index (χ1) is 14.9. The van der Waals surface area contributed by atoms with Crippen LogP contribution in [0.25, 0.3) is 0 Å². The molecule has 32 heavy (non-hydrogen) atoms. The van der Waals surface area contributed by atoms with Gasteiger partial charge in [0.15, 0.2) is 0 Å². The van der Waals surface area contributed by atoms with E-state index < -0.39 is 30.5 Å². The van der Waals surface area contributed by atoms with Crippen molar-refractivity contribution in [2.24, 2.45) is 5.92 Å². The molecule has 0 radical (unpaired) electrons. The van der Waals surface area contributed by atoms with Crippen LogP contribution in [0.3, 0.4) is 0 Å². The van der Waals surface area contributed by atoms with Gasteiger partial charge in [-0.2, -0.15) is 0 Å². The van der Waals surface area contributed by atoms with Gasteiger partial charge in [0.1, 0.15) is 6.04 Å². The molecule has 1 aromatic carbocycles. The first kappa shape index (κ1) is 24.8. The quantitative estimate of drug-likeness (QED) is 0.579. The number of halogens is 2. The van der Waals surface area contributed by atoms with Gasteiger partial charge in [-0.15, -0.1) is 0 Å².